The van der Waals surface area contributed by atoms with Crippen molar-refractivity contribution < 1.29 is 13.9 Å². The van der Waals surface area contributed by atoms with Gasteiger partial charge >= 0.3 is 5.97 Å². The van der Waals surface area contributed by atoms with E-state index in [1.807, 2.05) is 12.1 Å². The quantitative estimate of drug-likeness (QED) is 0.236. The van der Waals surface area contributed by atoms with E-state index in [-0.39, 0.29) is 16.6 Å². The number of hydrogen-bond donors (Lipinski definition) is 0. The minimum absolute atomic E-state index is 0.0539. The molecule has 0 amide bonds. The van der Waals surface area contributed by atoms with Crippen molar-refractivity contribution in [1.29, 1.82) is 0 Å². The van der Waals surface area contributed by atoms with E-state index in [0.717, 1.165) is 29.7 Å². The highest BCUT2D eigenvalue weighted by Crippen LogP contribution is 2.54. The van der Waals surface area contributed by atoms with Gasteiger partial charge in [-0.05, 0) is 66.5 Å². The van der Waals surface area contributed by atoms with Crippen LogP contribution in [0.2, 0.25) is 0 Å². The van der Waals surface area contributed by atoms with E-state index >= 15 is 0 Å². The first kappa shape index (κ1) is 27.4. The molecule has 200 valence electrons. The smallest absolute Gasteiger partial charge is 0.373 e. The number of fused-ring (bicyclic) bond motifs is 2. The maximum absolute atomic E-state index is 11.8. The molecule has 1 aromatic heterocycles. The molecule has 0 N–H and O–H groups in total. The molecule has 1 fully saturated rings. The third-order valence-electron chi connectivity index (χ3n) is 8.09. The molecule has 37 heavy (non-hydrogen) atoms. The summed E-state index contributed by atoms with van der Waals surface area (Å²) in [5, 5.41) is 0. The number of rotatable bonds is 10. The van der Waals surface area contributed by atoms with E-state index in [0.29, 0.717) is 11.7 Å². The highest BCUT2D eigenvalue weighted by molar-refractivity contribution is 6.09. The Morgan fingerprint density at radius 1 is 1.14 bits per heavy atom. The van der Waals surface area contributed by atoms with Crippen molar-refractivity contribution in [3.8, 4) is 0 Å². The average Bonchev–Trinajstić information content (AvgIpc) is 3.45. The van der Waals surface area contributed by atoms with Crippen LogP contribution < -0.4 is 0 Å². The van der Waals surface area contributed by atoms with Gasteiger partial charge in [0.15, 0.2) is 0 Å². The third kappa shape index (κ3) is 5.94. The van der Waals surface area contributed by atoms with Crippen LogP contribution in [0.1, 0.15) is 116 Å². The Morgan fingerprint density at radius 2 is 1.86 bits per heavy atom. The fourth-order valence-corrected chi connectivity index (χ4v) is 6.70. The molecular weight excluding hydrogens is 458 g/mol. The van der Waals surface area contributed by atoms with Crippen LogP contribution in [-0.2, 0) is 4.74 Å². The van der Waals surface area contributed by atoms with Gasteiger partial charge in [-0.2, -0.15) is 0 Å². The molecule has 1 aliphatic heterocycles. The van der Waals surface area contributed by atoms with Crippen LogP contribution in [0.25, 0.3) is 6.08 Å². The number of methoxy groups -OCH3 is 1. The second-order valence-corrected chi connectivity index (χ2v) is 12.6. The monoisotopic (exact) mass is 503 g/mol. The number of aliphatic imine (C=N–C) groups is 1. The van der Waals surface area contributed by atoms with Crippen LogP contribution in [-0.4, -0.2) is 18.8 Å². The van der Waals surface area contributed by atoms with Crippen LogP contribution in [0.3, 0.4) is 0 Å². The van der Waals surface area contributed by atoms with Crippen molar-refractivity contribution in [3.05, 3.63) is 63.8 Å². The SMILES string of the molecule is CCCCCCCCC1C=CC(C(C)=Cc2ccc(C(=O)OC)o2)=C2N=C3C(=C21)CC(C)(C)CC3(C)C. The molecule has 0 bridgehead atoms. The van der Waals surface area contributed by atoms with Gasteiger partial charge in [-0.15, -0.1) is 0 Å². The van der Waals surface area contributed by atoms with Crippen LogP contribution in [0.15, 0.2) is 61.7 Å². The number of carbonyl (C=O) groups is 1. The molecule has 1 saturated carbocycles. The molecule has 3 aliphatic rings. The zero-order valence-electron chi connectivity index (χ0n) is 24.0. The number of unbranched alkanes of at least 4 members (excludes halogenated alkanes) is 5. The Labute approximate surface area is 223 Å². The second-order valence-electron chi connectivity index (χ2n) is 12.6. The van der Waals surface area contributed by atoms with E-state index in [2.05, 4.69) is 53.7 Å². The number of carbonyl (C=O) groups excluding carboxylic acids is 1. The maximum Gasteiger partial charge on any atom is 0.373 e. The Morgan fingerprint density at radius 3 is 2.59 bits per heavy atom. The third-order valence-corrected chi connectivity index (χ3v) is 8.09. The van der Waals surface area contributed by atoms with E-state index < -0.39 is 5.97 Å². The molecule has 2 aliphatic carbocycles. The first-order chi connectivity index (χ1) is 17.6. The van der Waals surface area contributed by atoms with Gasteiger partial charge < -0.3 is 9.15 Å². The lowest BCUT2D eigenvalue weighted by atomic mass is 9.61. The van der Waals surface area contributed by atoms with Gasteiger partial charge in [0.05, 0.1) is 18.5 Å². The van der Waals surface area contributed by atoms with Gasteiger partial charge in [-0.1, -0.05) is 85.3 Å². The van der Waals surface area contributed by atoms with Gasteiger partial charge in [0.2, 0.25) is 5.76 Å². The summed E-state index contributed by atoms with van der Waals surface area (Å²) in [6.45, 7) is 13.9. The molecule has 4 nitrogen and oxygen atoms in total. The van der Waals surface area contributed by atoms with Gasteiger partial charge in [-0.25, -0.2) is 4.79 Å². The molecule has 4 heteroatoms. The average molecular weight is 504 g/mol. The zero-order chi connectivity index (χ0) is 26.8. The van der Waals surface area contributed by atoms with Crippen LogP contribution in [0.5, 0.6) is 0 Å². The number of nitrogens with zero attached hydrogens (tertiary/aromatic N) is 1. The molecule has 0 saturated heterocycles. The molecule has 1 aromatic rings. The predicted octanol–water partition coefficient (Wildman–Crippen LogP) is 9.26. The molecule has 2 heterocycles. The first-order valence-electron chi connectivity index (χ1n) is 14.2. The maximum atomic E-state index is 11.8. The number of allylic oxidation sites excluding steroid dienone is 6. The van der Waals surface area contributed by atoms with Crippen molar-refractivity contribution in [1.82, 2.24) is 0 Å². The van der Waals surface area contributed by atoms with Crippen LogP contribution >= 0.6 is 0 Å². The van der Waals surface area contributed by atoms with Crippen molar-refractivity contribution in [2.45, 2.75) is 99.3 Å². The summed E-state index contributed by atoms with van der Waals surface area (Å²) in [5.74, 6) is 0.828. The van der Waals surface area contributed by atoms with E-state index in [1.165, 1.54) is 68.9 Å². The summed E-state index contributed by atoms with van der Waals surface area (Å²) in [5.41, 5.74) is 7.97. The highest BCUT2D eigenvalue weighted by Gasteiger charge is 2.46. The minimum atomic E-state index is -0.461. The molecule has 0 radical (unpaired) electrons. The van der Waals surface area contributed by atoms with E-state index in [9.17, 15) is 4.79 Å². The second kappa shape index (κ2) is 11.0. The zero-order valence-corrected chi connectivity index (χ0v) is 24.0. The topological polar surface area (TPSA) is 51.8 Å². The minimum Gasteiger partial charge on any atom is -0.463 e. The van der Waals surface area contributed by atoms with Gasteiger partial charge in [0.1, 0.15) is 5.76 Å². The molecule has 1 atom stereocenters. The predicted molar refractivity (Wildman–Crippen MR) is 153 cm³/mol. The van der Waals surface area contributed by atoms with E-state index in [4.69, 9.17) is 14.1 Å². The molecular formula is C33H45NO3. The number of ether oxygens (including phenoxy) is 1. The van der Waals surface area contributed by atoms with Gasteiger partial charge in [0.25, 0.3) is 0 Å². The van der Waals surface area contributed by atoms with E-state index in [1.54, 1.807) is 6.07 Å². The Kier molecular flexibility index (Phi) is 8.16. The lowest BCUT2D eigenvalue weighted by Gasteiger charge is -2.42. The molecule has 4 rings (SSSR count). The number of hydrogen-bond acceptors (Lipinski definition) is 4. The lowest BCUT2D eigenvalue weighted by molar-refractivity contribution is 0.0564. The summed E-state index contributed by atoms with van der Waals surface area (Å²) < 4.78 is 10.5. The summed E-state index contributed by atoms with van der Waals surface area (Å²) in [6.07, 6.45) is 18.0. The first-order valence-corrected chi connectivity index (χ1v) is 14.2. The standard InChI is InChI=1S/C33H45NO3/c1-8-9-10-11-12-13-14-23-15-17-25(22(2)19-24-16-18-27(37-24)31(35)36-7)29-28(23)26-20-32(3,4)21-33(5,6)30(26)34-29/h15-19,23H,8-14,20-21H2,1-7H3. The van der Waals surface area contributed by atoms with Crippen molar-refractivity contribution in [3.63, 3.8) is 0 Å². The number of furan rings is 1. The van der Waals surface area contributed by atoms with Crippen LogP contribution in [0.4, 0.5) is 0 Å². The largest absolute Gasteiger partial charge is 0.463 e. The fourth-order valence-electron chi connectivity index (χ4n) is 6.70. The van der Waals surface area contributed by atoms with Gasteiger partial charge in [0, 0.05) is 16.9 Å². The molecule has 0 spiro atoms. The van der Waals surface area contributed by atoms with Crippen molar-refractivity contribution in [2.75, 3.05) is 7.11 Å². The van der Waals surface area contributed by atoms with Crippen LogP contribution in [0, 0.1) is 16.7 Å². The van der Waals surface area contributed by atoms with Gasteiger partial charge in [-0.3, -0.25) is 4.99 Å². The summed E-state index contributed by atoms with van der Waals surface area (Å²) in [4.78, 5) is 17.2. The summed E-state index contributed by atoms with van der Waals surface area (Å²) >= 11 is 0. The Bertz CT molecular complexity index is 1180. The normalized spacial score (nSPS) is 22.2. The highest BCUT2D eigenvalue weighted by atomic mass is 16.5. The van der Waals surface area contributed by atoms with Crippen molar-refractivity contribution >= 4 is 17.8 Å². The Balaban J connectivity index is 1.68. The molecule has 0 aromatic carbocycles. The lowest BCUT2D eigenvalue weighted by Crippen LogP contribution is -2.37. The number of esters is 1. The Hall–Kier alpha value is -2.62. The molecule has 1 unspecified atom stereocenters. The summed E-state index contributed by atoms with van der Waals surface area (Å²) in [6, 6.07) is 3.48. The fraction of sp³-hybridized carbons (Fsp3) is 0.576. The van der Waals surface area contributed by atoms with Crippen molar-refractivity contribution in [2.24, 2.45) is 21.7 Å². The summed E-state index contributed by atoms with van der Waals surface area (Å²) in [7, 11) is 1.36.